The van der Waals surface area contributed by atoms with Gasteiger partial charge in [-0.05, 0) is 25.5 Å². The molecule has 2 amide bonds. The Hall–Kier alpha value is -1.33. The Morgan fingerprint density at radius 2 is 2.28 bits per heavy atom. The molecule has 1 aromatic carbocycles. The van der Waals surface area contributed by atoms with Gasteiger partial charge in [0.1, 0.15) is 5.82 Å². The van der Waals surface area contributed by atoms with Gasteiger partial charge in [-0.25, -0.2) is 9.18 Å². The molecule has 0 saturated carbocycles. The number of halogens is 2. The van der Waals surface area contributed by atoms with Crippen molar-refractivity contribution in [3.63, 3.8) is 0 Å². The topological polar surface area (TPSA) is 50.4 Å². The number of carbonyl (C=O) groups excluding carboxylic acids is 1. The lowest BCUT2D eigenvalue weighted by molar-refractivity contribution is 0.145. The van der Waals surface area contributed by atoms with Crippen molar-refractivity contribution in [1.29, 1.82) is 0 Å². The number of rotatable bonds is 6. The Balaban J connectivity index is 2.36. The third-order valence-corrected chi connectivity index (χ3v) is 2.47. The molecule has 0 radical (unpaired) electrons. The van der Waals surface area contributed by atoms with Crippen molar-refractivity contribution in [3.05, 3.63) is 29.0 Å². The number of urea groups is 1. The average molecular weight is 275 g/mol. The summed E-state index contributed by atoms with van der Waals surface area (Å²) >= 11 is 5.77. The number of amides is 2. The van der Waals surface area contributed by atoms with Gasteiger partial charge in [-0.3, -0.25) is 0 Å². The van der Waals surface area contributed by atoms with Crippen molar-refractivity contribution in [2.45, 2.75) is 13.3 Å². The zero-order valence-electron chi connectivity index (χ0n) is 10.1. The van der Waals surface area contributed by atoms with Crippen LogP contribution in [0.25, 0.3) is 0 Å². The average Bonchev–Trinajstić information content (AvgIpc) is 2.34. The molecule has 18 heavy (non-hydrogen) atoms. The molecule has 0 aliphatic heterocycles. The number of nitrogens with one attached hydrogen (secondary N) is 2. The van der Waals surface area contributed by atoms with E-state index in [-0.39, 0.29) is 10.7 Å². The predicted octanol–water partition coefficient (Wildman–Crippen LogP) is 3.03. The summed E-state index contributed by atoms with van der Waals surface area (Å²) in [6.07, 6.45) is 0.701. The van der Waals surface area contributed by atoms with Crippen LogP contribution in [0.5, 0.6) is 0 Å². The summed E-state index contributed by atoms with van der Waals surface area (Å²) in [6.45, 7) is 3.59. The SMILES string of the molecule is CCOCCCNC(=O)Nc1c(F)cccc1Cl. The molecule has 0 atom stereocenters. The number of hydrogen-bond donors (Lipinski definition) is 2. The highest BCUT2D eigenvalue weighted by molar-refractivity contribution is 6.33. The van der Waals surface area contributed by atoms with Crippen molar-refractivity contribution in [3.8, 4) is 0 Å². The van der Waals surface area contributed by atoms with E-state index in [1.807, 2.05) is 6.92 Å². The van der Waals surface area contributed by atoms with Crippen LogP contribution in [0.15, 0.2) is 18.2 Å². The quantitative estimate of drug-likeness (QED) is 0.784. The molecule has 0 heterocycles. The van der Waals surface area contributed by atoms with Crippen LogP contribution in [0, 0.1) is 5.82 Å². The molecule has 0 unspecified atom stereocenters. The van der Waals surface area contributed by atoms with E-state index < -0.39 is 11.8 Å². The molecule has 1 rings (SSSR count). The van der Waals surface area contributed by atoms with Gasteiger partial charge in [-0.1, -0.05) is 17.7 Å². The zero-order valence-corrected chi connectivity index (χ0v) is 10.9. The molecule has 0 fully saturated rings. The molecular formula is C12H16ClFN2O2. The molecule has 1 aromatic rings. The molecule has 100 valence electrons. The maximum atomic E-state index is 13.4. The van der Waals surface area contributed by atoms with E-state index in [2.05, 4.69) is 10.6 Å². The van der Waals surface area contributed by atoms with Crippen LogP contribution in [0.4, 0.5) is 14.9 Å². The normalized spacial score (nSPS) is 10.2. The van der Waals surface area contributed by atoms with Crippen molar-refractivity contribution >= 4 is 23.3 Å². The molecular weight excluding hydrogens is 259 g/mol. The zero-order chi connectivity index (χ0) is 13.4. The predicted molar refractivity (Wildman–Crippen MR) is 69.5 cm³/mol. The summed E-state index contributed by atoms with van der Waals surface area (Å²) in [7, 11) is 0. The van der Waals surface area contributed by atoms with Gasteiger partial charge in [-0.15, -0.1) is 0 Å². The second kappa shape index (κ2) is 7.89. The largest absolute Gasteiger partial charge is 0.382 e. The third kappa shape index (κ3) is 4.89. The van der Waals surface area contributed by atoms with Crippen molar-refractivity contribution in [2.24, 2.45) is 0 Å². The second-order valence-electron chi connectivity index (χ2n) is 3.53. The summed E-state index contributed by atoms with van der Waals surface area (Å²) in [5, 5.41) is 5.13. The highest BCUT2D eigenvalue weighted by Crippen LogP contribution is 2.24. The maximum Gasteiger partial charge on any atom is 0.319 e. The van der Waals surface area contributed by atoms with Gasteiger partial charge in [0.05, 0.1) is 10.7 Å². The van der Waals surface area contributed by atoms with Gasteiger partial charge in [-0.2, -0.15) is 0 Å². The molecule has 2 N–H and O–H groups in total. The lowest BCUT2D eigenvalue weighted by atomic mass is 10.3. The summed E-state index contributed by atoms with van der Waals surface area (Å²) in [5.74, 6) is -0.563. The van der Waals surface area contributed by atoms with E-state index in [1.165, 1.54) is 18.2 Å². The minimum absolute atomic E-state index is 0.0125. The van der Waals surface area contributed by atoms with E-state index in [0.717, 1.165) is 0 Å². The molecule has 0 bridgehead atoms. The Morgan fingerprint density at radius 1 is 1.50 bits per heavy atom. The van der Waals surface area contributed by atoms with Gasteiger partial charge in [0, 0.05) is 19.8 Å². The van der Waals surface area contributed by atoms with E-state index in [1.54, 1.807) is 0 Å². The number of hydrogen-bond acceptors (Lipinski definition) is 2. The Morgan fingerprint density at radius 3 is 2.94 bits per heavy atom. The first-order valence-corrected chi connectivity index (χ1v) is 6.09. The number of anilines is 1. The molecule has 0 aliphatic carbocycles. The summed E-state index contributed by atoms with van der Waals surface area (Å²) in [6, 6.07) is 3.73. The van der Waals surface area contributed by atoms with Gasteiger partial charge in [0.25, 0.3) is 0 Å². The van der Waals surface area contributed by atoms with Gasteiger partial charge in [0.2, 0.25) is 0 Å². The number of para-hydroxylation sites is 1. The van der Waals surface area contributed by atoms with Crippen LogP contribution in [-0.2, 0) is 4.74 Å². The Labute approximate surface area is 110 Å². The summed E-state index contributed by atoms with van der Waals surface area (Å²) in [4.78, 5) is 11.5. The van der Waals surface area contributed by atoms with Crippen molar-refractivity contribution in [2.75, 3.05) is 25.1 Å². The fraction of sp³-hybridized carbons (Fsp3) is 0.417. The highest BCUT2D eigenvalue weighted by Gasteiger charge is 2.09. The molecule has 4 nitrogen and oxygen atoms in total. The molecule has 0 aromatic heterocycles. The van der Waals surface area contributed by atoms with Gasteiger partial charge < -0.3 is 15.4 Å². The van der Waals surface area contributed by atoms with Gasteiger partial charge in [0.15, 0.2) is 0 Å². The first kappa shape index (κ1) is 14.7. The Bertz CT molecular complexity index is 381. The fourth-order valence-electron chi connectivity index (χ4n) is 1.30. The Kier molecular flexibility index (Phi) is 6.46. The first-order chi connectivity index (χ1) is 8.65. The summed E-state index contributed by atoms with van der Waals surface area (Å²) in [5.41, 5.74) is -0.0125. The van der Waals surface area contributed by atoms with Crippen LogP contribution < -0.4 is 10.6 Å². The number of carbonyl (C=O) groups is 1. The third-order valence-electron chi connectivity index (χ3n) is 2.16. The van der Waals surface area contributed by atoms with E-state index in [0.29, 0.717) is 26.2 Å². The second-order valence-corrected chi connectivity index (χ2v) is 3.94. The maximum absolute atomic E-state index is 13.4. The van der Waals surface area contributed by atoms with E-state index >= 15 is 0 Å². The minimum atomic E-state index is -0.563. The lowest BCUT2D eigenvalue weighted by Gasteiger charge is -2.09. The van der Waals surface area contributed by atoms with Crippen LogP contribution in [0.2, 0.25) is 5.02 Å². The van der Waals surface area contributed by atoms with E-state index in [4.69, 9.17) is 16.3 Å². The molecule has 0 aliphatic rings. The molecule has 6 heteroatoms. The minimum Gasteiger partial charge on any atom is -0.382 e. The smallest absolute Gasteiger partial charge is 0.319 e. The van der Waals surface area contributed by atoms with Crippen LogP contribution >= 0.6 is 11.6 Å². The highest BCUT2D eigenvalue weighted by atomic mass is 35.5. The molecule has 0 spiro atoms. The van der Waals surface area contributed by atoms with Crippen molar-refractivity contribution < 1.29 is 13.9 Å². The van der Waals surface area contributed by atoms with Crippen LogP contribution in [-0.4, -0.2) is 25.8 Å². The standard InChI is InChI=1S/C12H16ClFN2O2/c1-2-18-8-4-7-15-12(17)16-11-9(13)5-3-6-10(11)14/h3,5-6H,2,4,7-8H2,1H3,(H2,15,16,17). The monoisotopic (exact) mass is 274 g/mol. The van der Waals surface area contributed by atoms with Gasteiger partial charge >= 0.3 is 6.03 Å². The van der Waals surface area contributed by atoms with Crippen LogP contribution in [0.3, 0.4) is 0 Å². The lowest BCUT2D eigenvalue weighted by Crippen LogP contribution is -2.30. The number of benzene rings is 1. The first-order valence-electron chi connectivity index (χ1n) is 5.71. The van der Waals surface area contributed by atoms with E-state index in [9.17, 15) is 9.18 Å². The fourth-order valence-corrected chi connectivity index (χ4v) is 1.51. The molecule has 0 saturated heterocycles. The van der Waals surface area contributed by atoms with Crippen molar-refractivity contribution in [1.82, 2.24) is 5.32 Å². The number of ether oxygens (including phenoxy) is 1. The summed E-state index contributed by atoms with van der Waals surface area (Å²) < 4.78 is 18.5. The van der Waals surface area contributed by atoms with Crippen LogP contribution in [0.1, 0.15) is 13.3 Å².